The molecule has 2 aromatic rings. The van der Waals surface area contributed by atoms with Crippen LogP contribution in [-0.2, 0) is 11.3 Å². The summed E-state index contributed by atoms with van der Waals surface area (Å²) in [5.74, 6) is -0.947. The largest absolute Gasteiger partial charge is 0.359 e. The first kappa shape index (κ1) is 17.5. The van der Waals surface area contributed by atoms with Crippen LogP contribution in [0.2, 0.25) is 0 Å². The van der Waals surface area contributed by atoms with Crippen LogP contribution >= 0.6 is 0 Å². The van der Waals surface area contributed by atoms with Crippen LogP contribution in [0.4, 0.5) is 8.78 Å². The SMILES string of the molecule is CC(C)C(=O)N1CCN(Cc2cc(-c3ccc(F)c(F)c3)no2)CC1. The highest BCUT2D eigenvalue weighted by molar-refractivity contribution is 5.78. The van der Waals surface area contributed by atoms with Gasteiger partial charge in [0.1, 0.15) is 5.69 Å². The van der Waals surface area contributed by atoms with Crippen molar-refractivity contribution in [2.45, 2.75) is 20.4 Å². The van der Waals surface area contributed by atoms with Crippen molar-refractivity contribution in [3.8, 4) is 11.3 Å². The predicted octanol–water partition coefficient (Wildman–Crippen LogP) is 2.92. The molecular weight excluding hydrogens is 328 g/mol. The molecule has 1 aliphatic rings. The number of halogens is 2. The number of nitrogens with zero attached hydrogens (tertiary/aromatic N) is 3. The molecule has 0 radical (unpaired) electrons. The summed E-state index contributed by atoms with van der Waals surface area (Å²) < 4.78 is 31.7. The van der Waals surface area contributed by atoms with E-state index in [1.165, 1.54) is 6.07 Å². The lowest BCUT2D eigenvalue weighted by atomic mass is 10.1. The van der Waals surface area contributed by atoms with E-state index in [0.717, 1.165) is 25.2 Å². The van der Waals surface area contributed by atoms with E-state index >= 15 is 0 Å². The van der Waals surface area contributed by atoms with Crippen molar-refractivity contribution >= 4 is 5.91 Å². The number of hydrogen-bond donors (Lipinski definition) is 0. The zero-order valence-corrected chi connectivity index (χ0v) is 14.3. The van der Waals surface area contributed by atoms with E-state index in [4.69, 9.17) is 4.52 Å². The molecule has 0 bridgehead atoms. The second-order valence-electron chi connectivity index (χ2n) is 6.56. The Kier molecular flexibility index (Phi) is 5.13. The summed E-state index contributed by atoms with van der Waals surface area (Å²) in [6, 6.07) is 5.38. The summed E-state index contributed by atoms with van der Waals surface area (Å²) >= 11 is 0. The van der Waals surface area contributed by atoms with Gasteiger partial charge in [-0.25, -0.2) is 8.78 Å². The highest BCUT2D eigenvalue weighted by Gasteiger charge is 2.23. The van der Waals surface area contributed by atoms with Crippen molar-refractivity contribution in [2.75, 3.05) is 26.2 Å². The fourth-order valence-corrected chi connectivity index (χ4v) is 2.89. The van der Waals surface area contributed by atoms with Crippen molar-refractivity contribution in [1.29, 1.82) is 0 Å². The topological polar surface area (TPSA) is 49.6 Å². The average molecular weight is 349 g/mol. The predicted molar refractivity (Wildman–Crippen MR) is 88.6 cm³/mol. The minimum atomic E-state index is -0.909. The van der Waals surface area contributed by atoms with Gasteiger partial charge >= 0.3 is 0 Å². The summed E-state index contributed by atoms with van der Waals surface area (Å²) in [6.45, 7) is 7.30. The zero-order valence-electron chi connectivity index (χ0n) is 14.3. The lowest BCUT2D eigenvalue weighted by Crippen LogP contribution is -2.49. The average Bonchev–Trinajstić information content (AvgIpc) is 3.06. The third-order valence-electron chi connectivity index (χ3n) is 4.33. The maximum atomic E-state index is 13.3. The summed E-state index contributed by atoms with van der Waals surface area (Å²) in [5.41, 5.74) is 0.948. The molecule has 1 amide bonds. The van der Waals surface area contributed by atoms with E-state index in [0.29, 0.717) is 36.7 Å². The second kappa shape index (κ2) is 7.31. The number of aromatic nitrogens is 1. The molecule has 0 aliphatic carbocycles. The Hall–Kier alpha value is -2.28. The van der Waals surface area contributed by atoms with Crippen LogP contribution in [0.5, 0.6) is 0 Å². The number of piperazine rings is 1. The highest BCUT2D eigenvalue weighted by atomic mass is 19.2. The summed E-state index contributed by atoms with van der Waals surface area (Å²) in [6.07, 6.45) is 0. The Balaban J connectivity index is 1.59. The molecule has 1 saturated heterocycles. The van der Waals surface area contributed by atoms with Gasteiger partial charge in [-0.1, -0.05) is 19.0 Å². The molecule has 1 fully saturated rings. The normalized spacial score (nSPS) is 15.8. The Bertz CT molecular complexity index is 753. The minimum absolute atomic E-state index is 0.0134. The standard InChI is InChI=1S/C18H21F2N3O2/c1-12(2)18(24)23-7-5-22(6-8-23)11-14-10-17(21-25-14)13-3-4-15(19)16(20)9-13/h3-4,9-10,12H,5-8,11H2,1-2H3. The summed E-state index contributed by atoms with van der Waals surface area (Å²) in [7, 11) is 0. The molecule has 1 aromatic carbocycles. The Morgan fingerprint density at radius 2 is 1.88 bits per heavy atom. The minimum Gasteiger partial charge on any atom is -0.359 e. The van der Waals surface area contributed by atoms with E-state index in [1.54, 1.807) is 6.07 Å². The van der Waals surface area contributed by atoms with Crippen molar-refractivity contribution in [2.24, 2.45) is 5.92 Å². The number of carbonyl (C=O) groups is 1. The summed E-state index contributed by atoms with van der Waals surface area (Å²) in [4.78, 5) is 16.1. The van der Waals surface area contributed by atoms with Gasteiger partial charge in [0.05, 0.1) is 6.54 Å². The van der Waals surface area contributed by atoms with Gasteiger partial charge in [-0.2, -0.15) is 0 Å². The van der Waals surface area contributed by atoms with Crippen molar-refractivity contribution in [1.82, 2.24) is 15.0 Å². The first-order valence-electron chi connectivity index (χ1n) is 8.36. The van der Waals surface area contributed by atoms with E-state index in [-0.39, 0.29) is 11.8 Å². The Morgan fingerprint density at radius 3 is 2.52 bits per heavy atom. The monoisotopic (exact) mass is 349 g/mol. The van der Waals surface area contributed by atoms with Gasteiger partial charge in [-0.15, -0.1) is 0 Å². The number of hydrogen-bond acceptors (Lipinski definition) is 4. The van der Waals surface area contributed by atoms with Crippen LogP contribution in [-0.4, -0.2) is 47.0 Å². The van der Waals surface area contributed by atoms with Crippen LogP contribution in [0.3, 0.4) is 0 Å². The van der Waals surface area contributed by atoms with Crippen LogP contribution < -0.4 is 0 Å². The molecule has 0 saturated carbocycles. The highest BCUT2D eigenvalue weighted by Crippen LogP contribution is 2.22. The van der Waals surface area contributed by atoms with Crippen LogP contribution in [0.1, 0.15) is 19.6 Å². The quantitative estimate of drug-likeness (QED) is 0.852. The lowest BCUT2D eigenvalue weighted by molar-refractivity contribution is -0.136. The van der Waals surface area contributed by atoms with Crippen LogP contribution in [0.25, 0.3) is 11.3 Å². The van der Waals surface area contributed by atoms with E-state index in [2.05, 4.69) is 10.1 Å². The van der Waals surface area contributed by atoms with Gasteiger partial charge in [0.25, 0.3) is 0 Å². The fraction of sp³-hybridized carbons (Fsp3) is 0.444. The van der Waals surface area contributed by atoms with Crippen molar-refractivity contribution < 1.29 is 18.1 Å². The third kappa shape index (κ3) is 4.04. The van der Waals surface area contributed by atoms with E-state index < -0.39 is 11.6 Å². The van der Waals surface area contributed by atoms with E-state index in [1.807, 2.05) is 18.7 Å². The van der Waals surface area contributed by atoms with Gasteiger partial charge in [-0.05, 0) is 18.2 Å². The third-order valence-corrected chi connectivity index (χ3v) is 4.33. The molecule has 2 heterocycles. The molecule has 5 nitrogen and oxygen atoms in total. The molecule has 1 aromatic heterocycles. The Labute approximate surface area is 145 Å². The Morgan fingerprint density at radius 1 is 1.16 bits per heavy atom. The maximum absolute atomic E-state index is 13.3. The molecular formula is C18H21F2N3O2. The molecule has 25 heavy (non-hydrogen) atoms. The first-order chi connectivity index (χ1) is 11.9. The smallest absolute Gasteiger partial charge is 0.225 e. The number of amides is 1. The van der Waals surface area contributed by atoms with Gasteiger partial charge in [0.2, 0.25) is 5.91 Å². The molecule has 7 heteroatoms. The maximum Gasteiger partial charge on any atom is 0.225 e. The fourth-order valence-electron chi connectivity index (χ4n) is 2.89. The molecule has 134 valence electrons. The van der Waals surface area contributed by atoms with Crippen molar-refractivity contribution in [3.05, 3.63) is 41.7 Å². The van der Waals surface area contributed by atoms with Crippen LogP contribution in [0, 0.1) is 17.6 Å². The van der Waals surface area contributed by atoms with Crippen LogP contribution in [0.15, 0.2) is 28.8 Å². The number of carbonyl (C=O) groups excluding carboxylic acids is 1. The van der Waals surface area contributed by atoms with Gasteiger partial charge < -0.3 is 9.42 Å². The lowest BCUT2D eigenvalue weighted by Gasteiger charge is -2.35. The van der Waals surface area contributed by atoms with Gasteiger partial charge in [-0.3, -0.25) is 9.69 Å². The van der Waals surface area contributed by atoms with Gasteiger partial charge in [0.15, 0.2) is 17.4 Å². The first-order valence-corrected chi connectivity index (χ1v) is 8.36. The molecule has 1 aliphatic heterocycles. The zero-order chi connectivity index (χ0) is 18.0. The molecule has 0 N–H and O–H groups in total. The molecule has 3 rings (SSSR count). The molecule has 0 spiro atoms. The second-order valence-corrected chi connectivity index (χ2v) is 6.56. The van der Waals surface area contributed by atoms with E-state index in [9.17, 15) is 13.6 Å². The number of rotatable bonds is 4. The van der Waals surface area contributed by atoms with Gasteiger partial charge in [0, 0.05) is 43.7 Å². The summed E-state index contributed by atoms with van der Waals surface area (Å²) in [5, 5.41) is 3.93. The van der Waals surface area contributed by atoms with Crippen molar-refractivity contribution in [3.63, 3.8) is 0 Å². The molecule has 0 atom stereocenters. The number of benzene rings is 1. The molecule has 0 unspecified atom stereocenters.